The van der Waals surface area contributed by atoms with Gasteiger partial charge in [0.2, 0.25) is 10.0 Å². The molecule has 1 heterocycles. The highest BCUT2D eigenvalue weighted by atomic mass is 32.2. The van der Waals surface area contributed by atoms with Crippen molar-refractivity contribution in [3.8, 4) is 0 Å². The maximum Gasteiger partial charge on any atom is 0.239 e. The molecule has 0 amide bonds. The number of fused-ring (bicyclic) bond motifs is 1. The van der Waals surface area contributed by atoms with Crippen LogP contribution in [0.1, 0.15) is 36.0 Å². The summed E-state index contributed by atoms with van der Waals surface area (Å²) >= 11 is 0. The SMILES string of the molecule is O=S(=O)(C1=Cc2ccccc2CC1)N1CCCC1Cc1ccccc1. The molecule has 0 radical (unpaired) electrons. The third kappa shape index (κ3) is 3.29. The quantitative estimate of drug-likeness (QED) is 0.833. The summed E-state index contributed by atoms with van der Waals surface area (Å²) in [6, 6.07) is 18.4. The highest BCUT2D eigenvalue weighted by Crippen LogP contribution is 2.33. The highest BCUT2D eigenvalue weighted by molar-refractivity contribution is 7.93. The number of nitrogens with zero attached hydrogens (tertiary/aromatic N) is 1. The fourth-order valence-electron chi connectivity index (χ4n) is 3.98. The Morgan fingerprint density at radius 3 is 2.56 bits per heavy atom. The van der Waals surface area contributed by atoms with Crippen LogP contribution in [0.15, 0.2) is 59.5 Å². The summed E-state index contributed by atoms with van der Waals surface area (Å²) in [5, 5.41) is 0. The maximum absolute atomic E-state index is 13.3. The van der Waals surface area contributed by atoms with Crippen molar-refractivity contribution in [2.45, 2.75) is 38.1 Å². The van der Waals surface area contributed by atoms with Gasteiger partial charge in [-0.3, -0.25) is 0 Å². The van der Waals surface area contributed by atoms with Crippen LogP contribution in [0.5, 0.6) is 0 Å². The van der Waals surface area contributed by atoms with Crippen LogP contribution in [0, 0.1) is 0 Å². The highest BCUT2D eigenvalue weighted by Gasteiger charge is 2.36. The largest absolute Gasteiger partial charge is 0.239 e. The number of sulfonamides is 1. The molecule has 1 fully saturated rings. The molecule has 0 spiro atoms. The zero-order valence-corrected chi connectivity index (χ0v) is 15.1. The molecule has 4 rings (SSSR count). The molecule has 0 aromatic heterocycles. The summed E-state index contributed by atoms with van der Waals surface area (Å²) in [4.78, 5) is 0.575. The van der Waals surface area contributed by atoms with Crippen molar-refractivity contribution in [1.29, 1.82) is 0 Å². The minimum absolute atomic E-state index is 0.0745. The average Bonchev–Trinajstić information content (AvgIpc) is 3.11. The predicted octanol–water partition coefficient (Wildman–Crippen LogP) is 4.01. The lowest BCUT2D eigenvalue weighted by atomic mass is 9.98. The molecule has 1 unspecified atom stereocenters. The first-order valence-corrected chi connectivity index (χ1v) is 10.4. The van der Waals surface area contributed by atoms with Crippen LogP contribution in [-0.4, -0.2) is 25.3 Å². The number of hydrogen-bond donors (Lipinski definition) is 0. The number of benzene rings is 2. The van der Waals surface area contributed by atoms with Gasteiger partial charge in [-0.1, -0.05) is 54.6 Å². The van der Waals surface area contributed by atoms with Gasteiger partial charge in [0.15, 0.2) is 0 Å². The normalized spacial score (nSPS) is 21.0. The molecule has 2 aromatic rings. The smallest absolute Gasteiger partial charge is 0.207 e. The molecule has 4 heteroatoms. The van der Waals surface area contributed by atoms with E-state index in [-0.39, 0.29) is 6.04 Å². The second-order valence-electron chi connectivity index (χ2n) is 6.91. The monoisotopic (exact) mass is 353 g/mol. The van der Waals surface area contributed by atoms with Crippen molar-refractivity contribution in [2.75, 3.05) is 6.54 Å². The van der Waals surface area contributed by atoms with Crippen LogP contribution in [0.25, 0.3) is 6.08 Å². The molecule has 1 aliphatic heterocycles. The second-order valence-corrected chi connectivity index (χ2v) is 8.85. The number of allylic oxidation sites excluding steroid dienone is 1. The molecule has 130 valence electrons. The minimum Gasteiger partial charge on any atom is -0.207 e. The lowest BCUT2D eigenvalue weighted by Gasteiger charge is -2.27. The van der Waals surface area contributed by atoms with Crippen molar-refractivity contribution in [2.24, 2.45) is 0 Å². The number of rotatable bonds is 4. The van der Waals surface area contributed by atoms with Crippen molar-refractivity contribution in [3.05, 3.63) is 76.2 Å². The van der Waals surface area contributed by atoms with E-state index in [9.17, 15) is 8.42 Å². The second kappa shape index (κ2) is 6.77. The third-order valence-electron chi connectivity index (χ3n) is 5.29. The number of aryl methyl sites for hydroxylation is 1. The summed E-state index contributed by atoms with van der Waals surface area (Å²) < 4.78 is 28.3. The molecule has 1 aliphatic carbocycles. The zero-order valence-electron chi connectivity index (χ0n) is 14.3. The first-order valence-electron chi connectivity index (χ1n) is 8.99. The molecular formula is C21H23NO2S. The van der Waals surface area contributed by atoms with Crippen LogP contribution < -0.4 is 0 Å². The van der Waals surface area contributed by atoms with E-state index in [0.29, 0.717) is 17.9 Å². The van der Waals surface area contributed by atoms with Crippen LogP contribution in [-0.2, 0) is 22.9 Å². The van der Waals surface area contributed by atoms with Gasteiger partial charge in [0.1, 0.15) is 0 Å². The summed E-state index contributed by atoms with van der Waals surface area (Å²) in [7, 11) is -3.38. The topological polar surface area (TPSA) is 37.4 Å². The molecule has 0 N–H and O–H groups in total. The standard InChI is InChI=1S/C21H23NO2S/c23-25(24,21-13-12-18-9-4-5-10-19(18)16-21)22-14-6-11-20(22)15-17-7-2-1-3-8-17/h1-5,7-10,16,20H,6,11-15H2. The minimum atomic E-state index is -3.38. The molecule has 3 nitrogen and oxygen atoms in total. The Labute approximate surface area is 150 Å². The van der Waals surface area contributed by atoms with E-state index in [2.05, 4.69) is 18.2 Å². The molecule has 2 aromatic carbocycles. The summed E-state index contributed by atoms with van der Waals surface area (Å²) in [6.07, 6.45) is 5.97. The average molecular weight is 353 g/mol. The molecule has 2 aliphatic rings. The van der Waals surface area contributed by atoms with Gasteiger partial charge in [0.05, 0.1) is 4.91 Å². The first kappa shape index (κ1) is 16.6. The van der Waals surface area contributed by atoms with Gasteiger partial charge in [-0.25, -0.2) is 8.42 Å². The molecule has 0 bridgehead atoms. The van der Waals surface area contributed by atoms with E-state index in [4.69, 9.17) is 0 Å². The van der Waals surface area contributed by atoms with Gasteiger partial charge in [-0.15, -0.1) is 0 Å². The van der Waals surface area contributed by atoms with Crippen molar-refractivity contribution < 1.29 is 8.42 Å². The fourth-order valence-corrected chi connectivity index (χ4v) is 5.86. The maximum atomic E-state index is 13.3. The van der Waals surface area contributed by atoms with E-state index < -0.39 is 10.0 Å². The van der Waals surface area contributed by atoms with E-state index in [0.717, 1.165) is 31.2 Å². The lowest BCUT2D eigenvalue weighted by Crippen LogP contribution is -2.37. The van der Waals surface area contributed by atoms with Crippen molar-refractivity contribution in [1.82, 2.24) is 4.31 Å². The van der Waals surface area contributed by atoms with Gasteiger partial charge >= 0.3 is 0 Å². The Kier molecular flexibility index (Phi) is 4.48. The van der Waals surface area contributed by atoms with Gasteiger partial charge < -0.3 is 0 Å². The Morgan fingerprint density at radius 2 is 1.72 bits per heavy atom. The Hall–Kier alpha value is -1.91. The van der Waals surface area contributed by atoms with Crippen LogP contribution in [0.4, 0.5) is 0 Å². The van der Waals surface area contributed by atoms with Gasteiger partial charge in [-0.05, 0) is 54.9 Å². The van der Waals surface area contributed by atoms with Gasteiger partial charge in [0, 0.05) is 12.6 Å². The van der Waals surface area contributed by atoms with Crippen molar-refractivity contribution in [3.63, 3.8) is 0 Å². The molecular weight excluding hydrogens is 330 g/mol. The van der Waals surface area contributed by atoms with Crippen molar-refractivity contribution >= 4 is 16.1 Å². The van der Waals surface area contributed by atoms with Crippen LogP contribution in [0.2, 0.25) is 0 Å². The zero-order chi connectivity index (χ0) is 17.3. The molecule has 1 saturated heterocycles. The van der Waals surface area contributed by atoms with Crippen LogP contribution >= 0.6 is 0 Å². The molecule has 1 atom stereocenters. The first-order chi connectivity index (χ1) is 12.1. The Morgan fingerprint density at radius 1 is 0.960 bits per heavy atom. The van der Waals surface area contributed by atoms with E-state index in [1.807, 2.05) is 42.5 Å². The van der Waals surface area contributed by atoms with Gasteiger partial charge in [-0.2, -0.15) is 4.31 Å². The van der Waals surface area contributed by atoms with E-state index in [1.54, 1.807) is 4.31 Å². The molecule has 25 heavy (non-hydrogen) atoms. The predicted molar refractivity (Wildman–Crippen MR) is 102 cm³/mol. The number of hydrogen-bond acceptors (Lipinski definition) is 2. The fraction of sp³-hybridized carbons (Fsp3) is 0.333. The lowest BCUT2D eigenvalue weighted by molar-refractivity contribution is 0.389. The van der Waals surface area contributed by atoms with Gasteiger partial charge in [0.25, 0.3) is 0 Å². The third-order valence-corrected chi connectivity index (χ3v) is 7.37. The van der Waals surface area contributed by atoms with E-state index in [1.165, 1.54) is 11.1 Å². The Balaban J connectivity index is 1.60. The summed E-state index contributed by atoms with van der Waals surface area (Å²) in [5.41, 5.74) is 3.49. The Bertz CT molecular complexity index is 887. The summed E-state index contributed by atoms with van der Waals surface area (Å²) in [5.74, 6) is 0. The van der Waals surface area contributed by atoms with E-state index >= 15 is 0 Å². The molecule has 0 saturated carbocycles. The summed E-state index contributed by atoms with van der Waals surface area (Å²) in [6.45, 7) is 0.638. The van der Waals surface area contributed by atoms with Crippen LogP contribution in [0.3, 0.4) is 0 Å².